The summed E-state index contributed by atoms with van der Waals surface area (Å²) >= 11 is 0. The molecule has 1 amide bonds. The summed E-state index contributed by atoms with van der Waals surface area (Å²) in [5.41, 5.74) is 3.40. The van der Waals surface area contributed by atoms with E-state index in [-0.39, 0.29) is 11.7 Å². The smallest absolute Gasteiger partial charge is 0.275 e. The molecule has 0 atom stereocenters. The van der Waals surface area contributed by atoms with E-state index < -0.39 is 0 Å². The minimum absolute atomic E-state index is 0.201. The van der Waals surface area contributed by atoms with Gasteiger partial charge in [0, 0.05) is 6.42 Å². The average molecular weight is 352 g/mol. The zero-order chi connectivity index (χ0) is 18.5. The second kappa shape index (κ2) is 7.95. The summed E-state index contributed by atoms with van der Waals surface area (Å²) < 4.78 is 18.3. The molecule has 0 saturated carbocycles. The number of carbonyl (C=O) groups excluding carboxylic acids is 1. The number of hydrogen-bond donors (Lipinski definition) is 1. The van der Waals surface area contributed by atoms with Gasteiger partial charge in [-0.25, -0.2) is 9.38 Å². The van der Waals surface area contributed by atoms with Gasteiger partial charge < -0.3 is 10.1 Å². The van der Waals surface area contributed by atoms with Gasteiger partial charge in [-0.15, -0.1) is 0 Å². The van der Waals surface area contributed by atoms with E-state index in [0.29, 0.717) is 24.4 Å². The lowest BCUT2D eigenvalue weighted by Crippen LogP contribution is -2.24. The van der Waals surface area contributed by atoms with E-state index in [1.165, 1.54) is 12.1 Å². The van der Waals surface area contributed by atoms with Crippen molar-refractivity contribution in [2.24, 2.45) is 4.99 Å². The van der Waals surface area contributed by atoms with Gasteiger partial charge in [0.2, 0.25) is 0 Å². The zero-order valence-electron chi connectivity index (χ0n) is 14.9. The Bertz CT molecular complexity index is 870. The van der Waals surface area contributed by atoms with E-state index in [0.717, 1.165) is 28.9 Å². The first kappa shape index (κ1) is 17.9. The molecule has 0 unspecified atom stereocenters. The van der Waals surface area contributed by atoms with Crippen LogP contribution in [0.25, 0.3) is 6.08 Å². The predicted molar refractivity (Wildman–Crippen MR) is 101 cm³/mol. The molecule has 1 aliphatic rings. The maximum Gasteiger partial charge on any atom is 0.275 e. The molecule has 4 nitrogen and oxygen atoms in total. The molecule has 1 N–H and O–H groups in total. The van der Waals surface area contributed by atoms with Crippen LogP contribution >= 0.6 is 0 Å². The van der Waals surface area contributed by atoms with Gasteiger partial charge in [-0.2, -0.15) is 0 Å². The summed E-state index contributed by atoms with van der Waals surface area (Å²) in [6, 6.07) is 12.2. The highest BCUT2D eigenvalue weighted by Crippen LogP contribution is 2.22. The quantitative estimate of drug-likeness (QED) is 0.802. The molecule has 0 bridgehead atoms. The molecule has 2 aromatic carbocycles. The van der Waals surface area contributed by atoms with Crippen molar-refractivity contribution in [2.75, 3.05) is 7.11 Å². The third kappa shape index (κ3) is 4.17. The highest BCUT2D eigenvalue weighted by Gasteiger charge is 2.19. The van der Waals surface area contributed by atoms with Gasteiger partial charge in [-0.05, 0) is 59.9 Å². The largest absolute Gasteiger partial charge is 0.496 e. The molecule has 0 radical (unpaired) electrons. The molecule has 3 rings (SSSR count). The molecule has 0 spiro atoms. The molecule has 0 aliphatic carbocycles. The molecular formula is C21H21FN2O2. The van der Waals surface area contributed by atoms with Crippen molar-refractivity contribution < 1.29 is 13.9 Å². The van der Waals surface area contributed by atoms with Crippen LogP contribution in [-0.2, 0) is 17.6 Å². The number of halogens is 1. The van der Waals surface area contributed by atoms with Crippen molar-refractivity contribution in [1.82, 2.24) is 5.32 Å². The average Bonchev–Trinajstić information content (AvgIpc) is 3.00. The van der Waals surface area contributed by atoms with Crippen LogP contribution in [0.2, 0.25) is 0 Å². The number of aliphatic imine (C=N–C) groups is 1. The Morgan fingerprint density at radius 1 is 1.15 bits per heavy atom. The van der Waals surface area contributed by atoms with Crippen molar-refractivity contribution in [3.05, 3.63) is 70.7 Å². The summed E-state index contributed by atoms with van der Waals surface area (Å²) in [4.78, 5) is 16.6. The van der Waals surface area contributed by atoms with Gasteiger partial charge in [0.15, 0.2) is 0 Å². The first-order chi connectivity index (χ1) is 12.6. The highest BCUT2D eigenvalue weighted by atomic mass is 19.1. The zero-order valence-corrected chi connectivity index (χ0v) is 14.9. The number of hydrogen-bond acceptors (Lipinski definition) is 3. The van der Waals surface area contributed by atoms with Crippen LogP contribution in [0.5, 0.6) is 5.75 Å². The Balaban J connectivity index is 1.72. The Morgan fingerprint density at radius 2 is 1.92 bits per heavy atom. The van der Waals surface area contributed by atoms with Crippen LogP contribution in [-0.4, -0.2) is 18.9 Å². The first-order valence-electron chi connectivity index (χ1n) is 8.61. The van der Waals surface area contributed by atoms with Crippen molar-refractivity contribution >= 4 is 17.8 Å². The molecule has 2 aromatic rings. The van der Waals surface area contributed by atoms with Gasteiger partial charge >= 0.3 is 0 Å². The first-order valence-corrected chi connectivity index (χ1v) is 8.61. The van der Waals surface area contributed by atoms with Crippen molar-refractivity contribution in [2.45, 2.75) is 26.2 Å². The number of aryl methyl sites for hydroxylation is 2. The fraction of sp³-hybridized carbons (Fsp3) is 0.238. The monoisotopic (exact) mass is 352 g/mol. The predicted octanol–water partition coefficient (Wildman–Crippen LogP) is 3.90. The van der Waals surface area contributed by atoms with Crippen molar-refractivity contribution in [1.29, 1.82) is 0 Å². The summed E-state index contributed by atoms with van der Waals surface area (Å²) in [7, 11) is 1.65. The number of methoxy groups -OCH3 is 1. The molecule has 5 heteroatoms. The number of benzene rings is 2. The fourth-order valence-electron chi connectivity index (χ4n) is 2.87. The second-order valence-electron chi connectivity index (χ2n) is 6.09. The topological polar surface area (TPSA) is 50.7 Å². The number of rotatable bonds is 6. The molecule has 0 fully saturated rings. The molecule has 0 saturated heterocycles. The number of nitrogens with zero attached hydrogens (tertiary/aromatic N) is 1. The lowest BCUT2D eigenvalue weighted by atomic mass is 10.1. The van der Waals surface area contributed by atoms with Crippen LogP contribution < -0.4 is 10.1 Å². The second-order valence-corrected chi connectivity index (χ2v) is 6.09. The van der Waals surface area contributed by atoms with E-state index in [1.807, 2.05) is 18.2 Å². The summed E-state index contributed by atoms with van der Waals surface area (Å²) in [6.07, 6.45) is 3.91. The van der Waals surface area contributed by atoms with Gasteiger partial charge in [-0.3, -0.25) is 4.79 Å². The number of amidine groups is 1. The third-order valence-corrected chi connectivity index (χ3v) is 4.30. The van der Waals surface area contributed by atoms with E-state index in [1.54, 1.807) is 25.3 Å². The van der Waals surface area contributed by atoms with Crippen LogP contribution in [0, 0.1) is 5.82 Å². The van der Waals surface area contributed by atoms with Crippen molar-refractivity contribution in [3.8, 4) is 5.75 Å². The molecule has 0 aromatic heterocycles. The van der Waals surface area contributed by atoms with Crippen LogP contribution in [0.15, 0.2) is 53.2 Å². The SMILES string of the molecule is CCc1cc(/C=C2/N=C(CCc3ccc(F)cc3)NC2=O)ccc1OC. The van der Waals surface area contributed by atoms with Crippen LogP contribution in [0.4, 0.5) is 4.39 Å². The van der Waals surface area contributed by atoms with Gasteiger partial charge in [0.1, 0.15) is 23.1 Å². The Labute approximate surface area is 152 Å². The summed E-state index contributed by atoms with van der Waals surface area (Å²) in [5, 5.41) is 2.80. The molecule has 134 valence electrons. The summed E-state index contributed by atoms with van der Waals surface area (Å²) in [5.74, 6) is 1.02. The van der Waals surface area contributed by atoms with E-state index >= 15 is 0 Å². The Morgan fingerprint density at radius 3 is 2.62 bits per heavy atom. The van der Waals surface area contributed by atoms with Crippen molar-refractivity contribution in [3.63, 3.8) is 0 Å². The highest BCUT2D eigenvalue weighted by molar-refractivity contribution is 6.14. The number of nitrogens with one attached hydrogen (secondary N) is 1. The lowest BCUT2D eigenvalue weighted by molar-refractivity contribution is -0.115. The van der Waals surface area contributed by atoms with Gasteiger partial charge in [0.25, 0.3) is 5.91 Å². The molecule has 26 heavy (non-hydrogen) atoms. The third-order valence-electron chi connectivity index (χ3n) is 4.30. The van der Waals surface area contributed by atoms with E-state index in [9.17, 15) is 9.18 Å². The Kier molecular flexibility index (Phi) is 5.46. The molecule has 1 aliphatic heterocycles. The number of ether oxygens (including phenoxy) is 1. The molecule has 1 heterocycles. The standard InChI is InChI=1S/C21H21FN2O2/c1-3-16-12-15(6-10-19(16)26-2)13-18-21(25)24-20(23-18)11-7-14-4-8-17(22)9-5-14/h4-6,8-10,12-13H,3,7,11H2,1-2H3,(H,23,24,25)/b18-13+. The Hall–Kier alpha value is -2.95. The maximum atomic E-state index is 12.9. The van der Waals surface area contributed by atoms with Crippen LogP contribution in [0.3, 0.4) is 0 Å². The van der Waals surface area contributed by atoms with E-state index in [2.05, 4.69) is 17.2 Å². The lowest BCUT2D eigenvalue weighted by Gasteiger charge is -2.07. The maximum absolute atomic E-state index is 12.9. The minimum Gasteiger partial charge on any atom is -0.496 e. The van der Waals surface area contributed by atoms with E-state index in [4.69, 9.17) is 4.74 Å². The summed E-state index contributed by atoms with van der Waals surface area (Å²) in [6.45, 7) is 2.06. The fourth-order valence-corrected chi connectivity index (χ4v) is 2.87. The number of carbonyl (C=O) groups is 1. The van der Waals surface area contributed by atoms with Gasteiger partial charge in [0.05, 0.1) is 7.11 Å². The van der Waals surface area contributed by atoms with Gasteiger partial charge in [-0.1, -0.05) is 25.1 Å². The normalized spacial score (nSPS) is 15.1. The minimum atomic E-state index is -0.253. The van der Waals surface area contributed by atoms with Crippen LogP contribution in [0.1, 0.15) is 30.0 Å². The molecular weight excluding hydrogens is 331 g/mol. The number of amides is 1.